The Bertz CT molecular complexity index is 461. The fourth-order valence-electron chi connectivity index (χ4n) is 2.16. The largest absolute Gasteiger partial charge is 0.462 e. The Kier molecular flexibility index (Phi) is 7.02. The molecule has 5 heteroatoms. The van der Waals surface area contributed by atoms with Gasteiger partial charge >= 0.3 is 5.97 Å². The van der Waals surface area contributed by atoms with Crippen LogP contribution in [0.2, 0.25) is 0 Å². The van der Waals surface area contributed by atoms with Crippen LogP contribution in [0.15, 0.2) is 18.2 Å². The van der Waals surface area contributed by atoms with Gasteiger partial charge in [0.1, 0.15) is 0 Å². The predicted molar refractivity (Wildman–Crippen MR) is 87.9 cm³/mol. The molecule has 0 heterocycles. The summed E-state index contributed by atoms with van der Waals surface area (Å²) < 4.78 is 5.06. The SMILES string of the molecule is CCCN(CCN(C)C)c1cccc(C(=O)OCC)c1N. The molecule has 1 aromatic rings. The third kappa shape index (κ3) is 4.93. The number of anilines is 2. The van der Waals surface area contributed by atoms with E-state index in [0.29, 0.717) is 17.9 Å². The fraction of sp³-hybridized carbons (Fsp3) is 0.562. The van der Waals surface area contributed by atoms with Crippen molar-refractivity contribution in [3.8, 4) is 0 Å². The summed E-state index contributed by atoms with van der Waals surface area (Å²) in [5.41, 5.74) is 8.05. The molecule has 21 heavy (non-hydrogen) atoms. The maximum atomic E-state index is 11.9. The van der Waals surface area contributed by atoms with Crippen LogP contribution in [0.4, 0.5) is 11.4 Å². The summed E-state index contributed by atoms with van der Waals surface area (Å²) in [6.07, 6.45) is 1.02. The minimum absolute atomic E-state index is 0.349. The Labute approximate surface area is 127 Å². The number of hydrogen-bond acceptors (Lipinski definition) is 5. The number of nitrogens with zero attached hydrogens (tertiary/aromatic N) is 2. The van der Waals surface area contributed by atoms with Gasteiger partial charge in [0.25, 0.3) is 0 Å². The van der Waals surface area contributed by atoms with Crippen molar-refractivity contribution in [1.82, 2.24) is 4.90 Å². The molecule has 1 aromatic carbocycles. The Balaban J connectivity index is 3.02. The lowest BCUT2D eigenvalue weighted by Gasteiger charge is -2.27. The lowest BCUT2D eigenvalue weighted by Crippen LogP contribution is -2.33. The number of benzene rings is 1. The van der Waals surface area contributed by atoms with Crippen molar-refractivity contribution in [3.63, 3.8) is 0 Å². The van der Waals surface area contributed by atoms with E-state index in [0.717, 1.165) is 31.7 Å². The van der Waals surface area contributed by atoms with Crippen molar-refractivity contribution in [2.75, 3.05) is 51.0 Å². The van der Waals surface area contributed by atoms with E-state index in [1.54, 1.807) is 13.0 Å². The zero-order valence-corrected chi connectivity index (χ0v) is 13.6. The van der Waals surface area contributed by atoms with E-state index in [1.807, 2.05) is 26.2 Å². The summed E-state index contributed by atoms with van der Waals surface area (Å²) in [6.45, 7) is 6.99. The summed E-state index contributed by atoms with van der Waals surface area (Å²) in [6, 6.07) is 5.53. The molecule has 0 fully saturated rings. The molecule has 0 aliphatic carbocycles. The molecule has 1 rings (SSSR count). The van der Waals surface area contributed by atoms with E-state index in [4.69, 9.17) is 10.5 Å². The topological polar surface area (TPSA) is 58.8 Å². The monoisotopic (exact) mass is 293 g/mol. The second-order valence-electron chi connectivity index (χ2n) is 5.25. The first-order valence-corrected chi connectivity index (χ1v) is 7.46. The molecule has 2 N–H and O–H groups in total. The highest BCUT2D eigenvalue weighted by Crippen LogP contribution is 2.27. The first kappa shape index (κ1) is 17.3. The number of esters is 1. The minimum atomic E-state index is -0.360. The lowest BCUT2D eigenvalue weighted by molar-refractivity contribution is 0.0527. The highest BCUT2D eigenvalue weighted by molar-refractivity contribution is 5.98. The zero-order chi connectivity index (χ0) is 15.8. The molecule has 0 amide bonds. The zero-order valence-electron chi connectivity index (χ0n) is 13.6. The quantitative estimate of drug-likeness (QED) is 0.588. The number of ether oxygens (including phenoxy) is 1. The predicted octanol–water partition coefficient (Wildman–Crippen LogP) is 2.22. The Hall–Kier alpha value is -1.75. The maximum Gasteiger partial charge on any atom is 0.340 e. The van der Waals surface area contributed by atoms with Gasteiger partial charge < -0.3 is 20.3 Å². The Morgan fingerprint density at radius 1 is 1.19 bits per heavy atom. The highest BCUT2D eigenvalue weighted by atomic mass is 16.5. The number of para-hydroxylation sites is 1. The number of nitrogens with two attached hydrogens (primary N) is 1. The van der Waals surface area contributed by atoms with E-state index in [2.05, 4.69) is 16.7 Å². The lowest BCUT2D eigenvalue weighted by atomic mass is 10.1. The average Bonchev–Trinajstić information content (AvgIpc) is 2.44. The molecule has 0 atom stereocenters. The van der Waals surface area contributed by atoms with Gasteiger partial charge in [0, 0.05) is 19.6 Å². The summed E-state index contributed by atoms with van der Waals surface area (Å²) in [4.78, 5) is 16.3. The van der Waals surface area contributed by atoms with Gasteiger partial charge in [0.15, 0.2) is 0 Å². The second-order valence-corrected chi connectivity index (χ2v) is 5.25. The average molecular weight is 293 g/mol. The summed E-state index contributed by atoms with van der Waals surface area (Å²) in [5, 5.41) is 0. The van der Waals surface area contributed by atoms with E-state index in [-0.39, 0.29) is 5.97 Å². The van der Waals surface area contributed by atoms with Crippen molar-refractivity contribution in [2.24, 2.45) is 0 Å². The number of rotatable bonds is 8. The van der Waals surface area contributed by atoms with Crippen molar-refractivity contribution < 1.29 is 9.53 Å². The van der Waals surface area contributed by atoms with Crippen LogP contribution in [0.5, 0.6) is 0 Å². The van der Waals surface area contributed by atoms with Crippen molar-refractivity contribution in [1.29, 1.82) is 0 Å². The third-order valence-electron chi connectivity index (χ3n) is 3.23. The van der Waals surface area contributed by atoms with Gasteiger partial charge in [0.05, 0.1) is 23.5 Å². The van der Waals surface area contributed by atoms with Gasteiger partial charge in [0.2, 0.25) is 0 Å². The minimum Gasteiger partial charge on any atom is -0.462 e. The molecule has 118 valence electrons. The molecule has 5 nitrogen and oxygen atoms in total. The van der Waals surface area contributed by atoms with Gasteiger partial charge in [-0.2, -0.15) is 0 Å². The second kappa shape index (κ2) is 8.52. The van der Waals surface area contributed by atoms with Crippen LogP contribution in [0, 0.1) is 0 Å². The van der Waals surface area contributed by atoms with Gasteiger partial charge in [-0.05, 0) is 39.6 Å². The summed E-state index contributed by atoms with van der Waals surface area (Å²) in [7, 11) is 4.09. The van der Waals surface area contributed by atoms with Crippen LogP contribution in [0.3, 0.4) is 0 Å². The molecule has 0 unspecified atom stereocenters. The number of nitrogen functional groups attached to an aromatic ring is 1. The van der Waals surface area contributed by atoms with Gasteiger partial charge in [-0.25, -0.2) is 4.79 Å². The fourth-order valence-corrected chi connectivity index (χ4v) is 2.16. The van der Waals surface area contributed by atoms with Crippen LogP contribution in [-0.2, 0) is 4.74 Å². The third-order valence-corrected chi connectivity index (χ3v) is 3.23. The van der Waals surface area contributed by atoms with E-state index >= 15 is 0 Å². The van der Waals surface area contributed by atoms with Gasteiger partial charge in [-0.1, -0.05) is 13.0 Å². The van der Waals surface area contributed by atoms with Crippen LogP contribution in [-0.4, -0.2) is 51.2 Å². The smallest absolute Gasteiger partial charge is 0.340 e. The molecule has 0 aliphatic rings. The van der Waals surface area contributed by atoms with Crippen LogP contribution in [0.25, 0.3) is 0 Å². The molecular weight excluding hydrogens is 266 g/mol. The first-order valence-electron chi connectivity index (χ1n) is 7.46. The van der Waals surface area contributed by atoms with Gasteiger partial charge in [-0.15, -0.1) is 0 Å². The molecule has 0 saturated carbocycles. The number of likely N-dealkylation sites (N-methyl/N-ethyl adjacent to an activating group) is 1. The molecule has 0 saturated heterocycles. The van der Waals surface area contributed by atoms with E-state index < -0.39 is 0 Å². The van der Waals surface area contributed by atoms with Gasteiger partial charge in [-0.3, -0.25) is 0 Å². The molecule has 0 aliphatic heterocycles. The first-order chi connectivity index (χ1) is 10.0. The summed E-state index contributed by atoms with van der Waals surface area (Å²) in [5.74, 6) is -0.360. The Morgan fingerprint density at radius 2 is 1.90 bits per heavy atom. The van der Waals surface area contributed by atoms with Crippen LogP contribution < -0.4 is 10.6 Å². The highest BCUT2D eigenvalue weighted by Gasteiger charge is 2.17. The number of carbonyl (C=O) groups excluding carboxylic acids is 1. The normalized spacial score (nSPS) is 10.7. The molecule has 0 radical (unpaired) electrons. The molecule has 0 bridgehead atoms. The van der Waals surface area contributed by atoms with Crippen LogP contribution in [0.1, 0.15) is 30.6 Å². The van der Waals surface area contributed by atoms with Crippen LogP contribution >= 0.6 is 0 Å². The maximum absolute atomic E-state index is 11.9. The Morgan fingerprint density at radius 3 is 2.48 bits per heavy atom. The van der Waals surface area contributed by atoms with Crippen molar-refractivity contribution in [3.05, 3.63) is 23.8 Å². The van der Waals surface area contributed by atoms with E-state index in [1.165, 1.54) is 0 Å². The summed E-state index contributed by atoms with van der Waals surface area (Å²) >= 11 is 0. The molecular formula is C16H27N3O2. The standard InChI is InChI=1S/C16H27N3O2/c1-5-10-19(12-11-18(3)4)14-9-7-8-13(15(14)17)16(20)21-6-2/h7-9H,5-6,10-12,17H2,1-4H3. The molecule has 0 spiro atoms. The number of hydrogen-bond donors (Lipinski definition) is 1. The molecule has 0 aromatic heterocycles. The van der Waals surface area contributed by atoms with Crippen molar-refractivity contribution >= 4 is 17.3 Å². The van der Waals surface area contributed by atoms with E-state index in [9.17, 15) is 4.79 Å². The number of carbonyl (C=O) groups is 1. The van der Waals surface area contributed by atoms with Crippen molar-refractivity contribution in [2.45, 2.75) is 20.3 Å².